The molecule has 2 amide bonds. The Kier molecular flexibility index (Phi) is 9.35. The molecule has 2 aromatic rings. The third-order valence-corrected chi connectivity index (χ3v) is 7.50. The van der Waals surface area contributed by atoms with Gasteiger partial charge in [-0.25, -0.2) is 9.59 Å². The monoisotopic (exact) mass is 552 g/mol. The summed E-state index contributed by atoms with van der Waals surface area (Å²) >= 11 is 0. The van der Waals surface area contributed by atoms with Crippen LogP contribution in [0.25, 0.3) is 11.1 Å². The van der Waals surface area contributed by atoms with Gasteiger partial charge in [0.05, 0.1) is 0 Å². The first-order chi connectivity index (χ1) is 19.1. The van der Waals surface area contributed by atoms with Crippen LogP contribution >= 0.6 is 0 Å². The molecule has 1 saturated heterocycles. The van der Waals surface area contributed by atoms with Crippen molar-refractivity contribution in [2.75, 3.05) is 39.5 Å². The van der Waals surface area contributed by atoms with Crippen LogP contribution in [-0.2, 0) is 19.0 Å². The number of ether oxygens (including phenoxy) is 3. The molecule has 0 bridgehead atoms. The van der Waals surface area contributed by atoms with Crippen molar-refractivity contribution in [2.24, 2.45) is 5.41 Å². The van der Waals surface area contributed by atoms with E-state index in [2.05, 4.69) is 29.6 Å². The van der Waals surface area contributed by atoms with Crippen LogP contribution in [0.5, 0.6) is 0 Å². The summed E-state index contributed by atoms with van der Waals surface area (Å²) in [4.78, 5) is 38.8. The lowest BCUT2D eigenvalue weighted by atomic mass is 9.79. The summed E-state index contributed by atoms with van der Waals surface area (Å²) < 4.78 is 16.9. The molecule has 0 radical (unpaired) electrons. The number of fused-ring (bicyclic) bond motifs is 3. The highest BCUT2D eigenvalue weighted by Gasteiger charge is 2.38. The van der Waals surface area contributed by atoms with Crippen molar-refractivity contribution in [3.8, 4) is 11.1 Å². The Labute approximate surface area is 235 Å². The van der Waals surface area contributed by atoms with Gasteiger partial charge < -0.3 is 29.5 Å². The van der Waals surface area contributed by atoms with Crippen LogP contribution in [0.4, 0.5) is 9.59 Å². The molecule has 2 aromatic carbocycles. The lowest BCUT2D eigenvalue weighted by Gasteiger charge is -2.41. The molecule has 1 heterocycles. The van der Waals surface area contributed by atoms with Gasteiger partial charge in [0.1, 0.15) is 12.2 Å². The number of alkyl carbamates (subject to hydrolysis) is 1. The molecule has 1 fully saturated rings. The highest BCUT2D eigenvalue weighted by Crippen LogP contribution is 2.44. The standard InChI is InChI=1S/C31H40N2O7/c1-30(2,3)40-28(36)32-20-31(14-17-38-18-15-31)21-33(16-8-13-27(34)35)29(37)39-19-26-24-11-6-4-9-22(24)23-10-5-7-12-25(23)26/h4-7,9-12,26H,8,13-21H2,1-3H3,(H,32,36)(H,34,35). The van der Waals surface area contributed by atoms with Crippen molar-refractivity contribution >= 4 is 18.2 Å². The predicted octanol–water partition coefficient (Wildman–Crippen LogP) is 5.42. The maximum Gasteiger partial charge on any atom is 0.409 e. The summed E-state index contributed by atoms with van der Waals surface area (Å²) in [5.74, 6) is -0.997. The molecular formula is C31H40N2O7. The predicted molar refractivity (Wildman–Crippen MR) is 150 cm³/mol. The lowest BCUT2D eigenvalue weighted by Crippen LogP contribution is -2.51. The van der Waals surface area contributed by atoms with Crippen LogP contribution in [0.3, 0.4) is 0 Å². The average molecular weight is 553 g/mol. The second-order valence-electron chi connectivity index (χ2n) is 11.7. The summed E-state index contributed by atoms with van der Waals surface area (Å²) in [5.41, 5.74) is 3.45. The maximum atomic E-state index is 13.6. The number of carbonyl (C=O) groups excluding carboxylic acids is 2. The van der Waals surface area contributed by atoms with Crippen molar-refractivity contribution in [1.82, 2.24) is 10.2 Å². The van der Waals surface area contributed by atoms with Gasteiger partial charge in [0, 0.05) is 50.6 Å². The van der Waals surface area contributed by atoms with E-state index in [4.69, 9.17) is 14.2 Å². The number of nitrogens with zero attached hydrogens (tertiary/aromatic N) is 1. The van der Waals surface area contributed by atoms with Crippen LogP contribution in [0, 0.1) is 5.41 Å². The topological polar surface area (TPSA) is 114 Å². The van der Waals surface area contributed by atoms with Gasteiger partial charge in [-0.15, -0.1) is 0 Å². The van der Waals surface area contributed by atoms with E-state index in [1.54, 1.807) is 25.7 Å². The first-order valence-electron chi connectivity index (χ1n) is 13.9. The highest BCUT2D eigenvalue weighted by atomic mass is 16.6. The van der Waals surface area contributed by atoms with Gasteiger partial charge in [-0.3, -0.25) is 4.79 Å². The zero-order valence-electron chi connectivity index (χ0n) is 23.6. The Morgan fingerprint density at radius 2 is 1.62 bits per heavy atom. The van der Waals surface area contributed by atoms with E-state index in [1.807, 2.05) is 24.3 Å². The number of amides is 2. The number of carboxylic acids is 1. The van der Waals surface area contributed by atoms with Crippen molar-refractivity contribution in [1.29, 1.82) is 0 Å². The van der Waals surface area contributed by atoms with Crippen LogP contribution in [-0.4, -0.2) is 73.2 Å². The number of carboxylic acid groups (broad SMARTS) is 1. The van der Waals surface area contributed by atoms with Crippen molar-refractivity contribution in [3.05, 3.63) is 59.7 Å². The van der Waals surface area contributed by atoms with Gasteiger partial charge in [0.25, 0.3) is 0 Å². The number of carbonyl (C=O) groups is 3. The molecule has 0 unspecified atom stereocenters. The number of aliphatic carboxylic acids is 1. The molecule has 1 aliphatic carbocycles. The van der Waals surface area contributed by atoms with E-state index in [1.165, 1.54) is 0 Å². The van der Waals surface area contributed by atoms with Crippen LogP contribution in [0.1, 0.15) is 63.5 Å². The highest BCUT2D eigenvalue weighted by molar-refractivity contribution is 5.79. The largest absolute Gasteiger partial charge is 0.481 e. The smallest absolute Gasteiger partial charge is 0.409 e. The van der Waals surface area contributed by atoms with E-state index >= 15 is 0 Å². The second kappa shape index (κ2) is 12.7. The number of rotatable bonds is 10. The molecule has 2 N–H and O–H groups in total. The summed E-state index contributed by atoms with van der Waals surface area (Å²) in [5, 5.41) is 12.1. The summed E-state index contributed by atoms with van der Waals surface area (Å²) in [6.07, 6.45) is 0.502. The molecule has 40 heavy (non-hydrogen) atoms. The minimum atomic E-state index is -0.917. The van der Waals surface area contributed by atoms with E-state index in [0.29, 0.717) is 45.6 Å². The molecule has 9 heteroatoms. The summed E-state index contributed by atoms with van der Waals surface area (Å²) in [6, 6.07) is 16.3. The SMILES string of the molecule is CC(C)(C)OC(=O)NCC1(CN(CCCC(=O)O)C(=O)OCC2c3ccccc3-c3ccccc32)CCOCC1. The zero-order chi connectivity index (χ0) is 28.8. The van der Waals surface area contributed by atoms with Crippen molar-refractivity contribution in [3.63, 3.8) is 0 Å². The van der Waals surface area contributed by atoms with E-state index in [9.17, 15) is 19.5 Å². The minimum absolute atomic E-state index is 0.0561. The molecular weight excluding hydrogens is 512 g/mol. The Bertz CT molecular complexity index is 1150. The Morgan fingerprint density at radius 3 is 2.20 bits per heavy atom. The number of benzene rings is 2. The van der Waals surface area contributed by atoms with Gasteiger partial charge in [-0.1, -0.05) is 48.5 Å². The molecule has 1 aliphatic heterocycles. The van der Waals surface area contributed by atoms with Gasteiger partial charge in [0.15, 0.2) is 0 Å². The molecule has 0 atom stereocenters. The second-order valence-corrected chi connectivity index (χ2v) is 11.7. The first kappa shape index (κ1) is 29.4. The van der Waals surface area contributed by atoms with Gasteiger partial charge in [-0.2, -0.15) is 0 Å². The Morgan fingerprint density at radius 1 is 1.02 bits per heavy atom. The number of hydrogen-bond acceptors (Lipinski definition) is 6. The fourth-order valence-electron chi connectivity index (χ4n) is 5.52. The van der Waals surface area contributed by atoms with Crippen LogP contribution in [0.2, 0.25) is 0 Å². The molecule has 2 aliphatic rings. The van der Waals surface area contributed by atoms with E-state index in [-0.39, 0.29) is 25.5 Å². The normalized spacial score (nSPS) is 16.0. The lowest BCUT2D eigenvalue weighted by molar-refractivity contribution is -0.137. The van der Waals surface area contributed by atoms with Crippen molar-refractivity contribution in [2.45, 2.75) is 58.0 Å². The van der Waals surface area contributed by atoms with Gasteiger partial charge in [-0.05, 0) is 62.3 Å². The fourth-order valence-corrected chi connectivity index (χ4v) is 5.52. The fraction of sp³-hybridized carbons (Fsp3) is 0.516. The number of hydrogen-bond donors (Lipinski definition) is 2. The van der Waals surface area contributed by atoms with Gasteiger partial charge >= 0.3 is 18.2 Å². The van der Waals surface area contributed by atoms with E-state index < -0.39 is 29.2 Å². The number of nitrogens with one attached hydrogen (secondary N) is 1. The summed E-state index contributed by atoms with van der Waals surface area (Å²) in [7, 11) is 0. The Hall–Kier alpha value is -3.59. The molecule has 9 nitrogen and oxygen atoms in total. The maximum absolute atomic E-state index is 13.6. The van der Waals surface area contributed by atoms with Crippen LogP contribution < -0.4 is 5.32 Å². The van der Waals surface area contributed by atoms with Crippen LogP contribution in [0.15, 0.2) is 48.5 Å². The molecule has 0 aromatic heterocycles. The molecule has 0 spiro atoms. The van der Waals surface area contributed by atoms with Crippen molar-refractivity contribution < 1.29 is 33.7 Å². The molecule has 216 valence electrons. The minimum Gasteiger partial charge on any atom is -0.481 e. The Balaban J connectivity index is 1.48. The third kappa shape index (κ3) is 7.53. The molecule has 0 saturated carbocycles. The van der Waals surface area contributed by atoms with E-state index in [0.717, 1.165) is 22.3 Å². The average Bonchev–Trinajstić information content (AvgIpc) is 3.23. The zero-order valence-corrected chi connectivity index (χ0v) is 23.6. The third-order valence-electron chi connectivity index (χ3n) is 7.50. The quantitative estimate of drug-likeness (QED) is 0.404. The molecule has 4 rings (SSSR count). The first-order valence-corrected chi connectivity index (χ1v) is 13.9. The van der Waals surface area contributed by atoms with Gasteiger partial charge in [0.2, 0.25) is 0 Å². The summed E-state index contributed by atoms with van der Waals surface area (Å²) in [6.45, 7) is 7.44.